The first-order valence-corrected chi connectivity index (χ1v) is 10.5. The molecule has 4 aromatic rings. The third kappa shape index (κ3) is 3.54. The van der Waals surface area contributed by atoms with Gasteiger partial charge in [-0.1, -0.05) is 18.2 Å². The fourth-order valence-corrected chi connectivity index (χ4v) is 4.20. The lowest BCUT2D eigenvalue weighted by atomic mass is 9.96. The number of pyridine rings is 1. The average Bonchev–Trinajstić information content (AvgIpc) is 3.19. The van der Waals surface area contributed by atoms with Gasteiger partial charge in [0.1, 0.15) is 11.5 Å². The van der Waals surface area contributed by atoms with Crippen LogP contribution in [0.2, 0.25) is 0 Å². The Morgan fingerprint density at radius 1 is 0.875 bits per heavy atom. The molecule has 0 fully saturated rings. The number of hydrogen-bond acceptors (Lipinski definition) is 5. The van der Waals surface area contributed by atoms with Gasteiger partial charge in [0, 0.05) is 24.4 Å². The molecule has 1 aliphatic rings. The number of aliphatic imine (C=N–C) groups is 1. The van der Waals surface area contributed by atoms with Gasteiger partial charge in [-0.3, -0.25) is 4.98 Å². The predicted molar refractivity (Wildman–Crippen MR) is 125 cm³/mol. The molecule has 32 heavy (non-hydrogen) atoms. The van der Waals surface area contributed by atoms with Crippen molar-refractivity contribution in [1.29, 1.82) is 0 Å². The highest BCUT2D eigenvalue weighted by Gasteiger charge is 2.29. The lowest BCUT2D eigenvalue weighted by Crippen LogP contribution is -2.21. The fourth-order valence-electron chi connectivity index (χ4n) is 4.20. The van der Waals surface area contributed by atoms with E-state index in [0.29, 0.717) is 0 Å². The normalized spacial score (nSPS) is 15.1. The number of methoxy groups -OCH3 is 2. The molecule has 1 atom stereocenters. The molecular formula is C26H24N4O2. The highest BCUT2D eigenvalue weighted by Crippen LogP contribution is 2.42. The third-order valence-electron chi connectivity index (χ3n) is 5.85. The van der Waals surface area contributed by atoms with E-state index in [0.717, 1.165) is 57.4 Å². The van der Waals surface area contributed by atoms with E-state index >= 15 is 0 Å². The zero-order valence-corrected chi connectivity index (χ0v) is 18.3. The molecule has 160 valence electrons. The van der Waals surface area contributed by atoms with E-state index in [2.05, 4.69) is 35.3 Å². The molecule has 2 aromatic carbocycles. The molecule has 0 bridgehead atoms. The van der Waals surface area contributed by atoms with Crippen LogP contribution in [-0.2, 0) is 0 Å². The second-order valence-corrected chi connectivity index (χ2v) is 7.75. The Morgan fingerprint density at radius 2 is 1.53 bits per heavy atom. The van der Waals surface area contributed by atoms with Crippen molar-refractivity contribution in [3.63, 3.8) is 0 Å². The van der Waals surface area contributed by atoms with Crippen LogP contribution in [0.4, 0.5) is 5.82 Å². The van der Waals surface area contributed by atoms with Gasteiger partial charge in [-0.25, -0.2) is 9.67 Å². The van der Waals surface area contributed by atoms with Crippen molar-refractivity contribution >= 4 is 11.5 Å². The first kappa shape index (κ1) is 20.0. The number of aromatic nitrogens is 3. The van der Waals surface area contributed by atoms with Crippen molar-refractivity contribution in [2.45, 2.75) is 19.4 Å². The summed E-state index contributed by atoms with van der Waals surface area (Å²) in [4.78, 5) is 9.46. The molecule has 0 saturated carbocycles. The maximum atomic E-state index is 5.33. The second kappa shape index (κ2) is 8.30. The Labute approximate surface area is 187 Å². The molecule has 0 N–H and O–H groups in total. The summed E-state index contributed by atoms with van der Waals surface area (Å²) < 4.78 is 12.7. The summed E-state index contributed by atoms with van der Waals surface area (Å²) in [5, 5.41) is 4.91. The number of nitrogens with zero attached hydrogens (tertiary/aromatic N) is 4. The van der Waals surface area contributed by atoms with E-state index < -0.39 is 0 Å². The Kier molecular flexibility index (Phi) is 5.19. The zero-order valence-electron chi connectivity index (χ0n) is 18.3. The van der Waals surface area contributed by atoms with Crippen LogP contribution in [0.3, 0.4) is 0 Å². The van der Waals surface area contributed by atoms with Gasteiger partial charge < -0.3 is 9.47 Å². The summed E-state index contributed by atoms with van der Waals surface area (Å²) in [6, 6.07) is 20.2. The van der Waals surface area contributed by atoms with E-state index in [9.17, 15) is 0 Å². The summed E-state index contributed by atoms with van der Waals surface area (Å²) in [6.07, 6.45) is 4.44. The van der Waals surface area contributed by atoms with E-state index in [-0.39, 0.29) is 6.04 Å². The molecule has 2 aromatic heterocycles. The van der Waals surface area contributed by atoms with Gasteiger partial charge in [-0.15, -0.1) is 0 Å². The van der Waals surface area contributed by atoms with Crippen LogP contribution in [0, 0.1) is 6.92 Å². The van der Waals surface area contributed by atoms with Crippen molar-refractivity contribution in [2.24, 2.45) is 4.99 Å². The number of ether oxygens (including phenoxy) is 2. The highest BCUT2D eigenvalue weighted by molar-refractivity contribution is 6.04. The Bertz CT molecular complexity index is 1260. The van der Waals surface area contributed by atoms with Gasteiger partial charge in [0.2, 0.25) is 0 Å². The van der Waals surface area contributed by atoms with Crippen molar-refractivity contribution < 1.29 is 9.47 Å². The molecule has 6 nitrogen and oxygen atoms in total. The summed E-state index contributed by atoms with van der Waals surface area (Å²) in [5.41, 5.74) is 6.24. The third-order valence-corrected chi connectivity index (χ3v) is 5.85. The average molecular weight is 425 g/mol. The number of rotatable bonds is 5. The largest absolute Gasteiger partial charge is 0.497 e. The summed E-state index contributed by atoms with van der Waals surface area (Å²) >= 11 is 0. The topological polar surface area (TPSA) is 61.5 Å². The van der Waals surface area contributed by atoms with Gasteiger partial charge in [0.05, 0.1) is 31.7 Å². The van der Waals surface area contributed by atoms with Crippen LogP contribution < -0.4 is 9.47 Å². The van der Waals surface area contributed by atoms with Gasteiger partial charge in [0.15, 0.2) is 5.82 Å². The quantitative estimate of drug-likeness (QED) is 0.431. The van der Waals surface area contributed by atoms with E-state index in [1.54, 1.807) is 20.4 Å². The fraction of sp³-hybridized carbons (Fsp3) is 0.192. The van der Waals surface area contributed by atoms with E-state index in [4.69, 9.17) is 19.6 Å². The molecule has 0 aliphatic carbocycles. The summed E-state index contributed by atoms with van der Waals surface area (Å²) in [7, 11) is 3.35. The number of hydrogen-bond donors (Lipinski definition) is 0. The van der Waals surface area contributed by atoms with Crippen LogP contribution in [-0.4, -0.2) is 34.7 Å². The van der Waals surface area contributed by atoms with E-state index in [1.165, 1.54) is 0 Å². The van der Waals surface area contributed by atoms with Crippen molar-refractivity contribution in [2.75, 3.05) is 14.2 Å². The van der Waals surface area contributed by atoms with Crippen LogP contribution in [0.25, 0.3) is 11.1 Å². The zero-order chi connectivity index (χ0) is 22.1. The monoisotopic (exact) mass is 424 g/mol. The summed E-state index contributed by atoms with van der Waals surface area (Å²) in [6.45, 7) is 2.04. The molecule has 0 saturated heterocycles. The maximum Gasteiger partial charge on any atom is 0.159 e. The molecule has 5 rings (SSSR count). The molecule has 3 heterocycles. The summed E-state index contributed by atoms with van der Waals surface area (Å²) in [5.74, 6) is 2.51. The molecule has 6 heteroatoms. The minimum atomic E-state index is 0.0130. The Hall–Kier alpha value is -3.93. The van der Waals surface area contributed by atoms with Crippen LogP contribution in [0.5, 0.6) is 11.5 Å². The van der Waals surface area contributed by atoms with Crippen LogP contribution in [0.1, 0.15) is 29.3 Å². The Morgan fingerprint density at radius 3 is 2.12 bits per heavy atom. The van der Waals surface area contributed by atoms with Crippen molar-refractivity contribution in [1.82, 2.24) is 14.8 Å². The first-order valence-electron chi connectivity index (χ1n) is 10.5. The molecule has 0 amide bonds. The predicted octanol–water partition coefficient (Wildman–Crippen LogP) is 5.38. The van der Waals surface area contributed by atoms with Crippen LogP contribution in [0.15, 0.2) is 78.0 Å². The number of benzene rings is 2. The molecule has 0 spiro atoms. The van der Waals surface area contributed by atoms with Gasteiger partial charge >= 0.3 is 0 Å². The minimum absolute atomic E-state index is 0.0130. The molecule has 0 radical (unpaired) electrons. The van der Waals surface area contributed by atoms with Gasteiger partial charge in [0.25, 0.3) is 0 Å². The smallest absolute Gasteiger partial charge is 0.159 e. The highest BCUT2D eigenvalue weighted by atomic mass is 16.5. The van der Waals surface area contributed by atoms with Crippen LogP contribution >= 0.6 is 0 Å². The second-order valence-electron chi connectivity index (χ2n) is 7.75. The molecular weight excluding hydrogens is 400 g/mol. The number of fused-ring (bicyclic) bond motifs is 1. The van der Waals surface area contributed by atoms with Gasteiger partial charge in [-0.2, -0.15) is 5.10 Å². The van der Waals surface area contributed by atoms with Crippen molar-refractivity contribution in [3.8, 4) is 22.6 Å². The number of aryl methyl sites for hydroxylation is 1. The molecule has 0 unspecified atom stereocenters. The van der Waals surface area contributed by atoms with Crippen molar-refractivity contribution in [3.05, 3.63) is 89.9 Å². The SMILES string of the molecule is COc1ccc(C2=Nc3c(-c4ccc(OC)cc4)c(C)nn3[C@H](c3cccnc3)C2)cc1. The van der Waals surface area contributed by atoms with Gasteiger partial charge in [-0.05, 0) is 66.1 Å². The first-order chi connectivity index (χ1) is 15.7. The lowest BCUT2D eigenvalue weighted by Gasteiger charge is -2.25. The lowest BCUT2D eigenvalue weighted by molar-refractivity contribution is 0.414. The standard InChI is InChI=1S/C26H24N4O2/c1-17-25(19-8-12-22(32-3)13-9-19)26-28-23(18-6-10-21(31-2)11-7-18)15-24(30(26)29-17)20-5-4-14-27-16-20/h4-14,16,24H,15H2,1-3H3/t24-/m0/s1. The van der Waals surface area contributed by atoms with E-state index in [1.807, 2.05) is 48.1 Å². The maximum absolute atomic E-state index is 5.33. The minimum Gasteiger partial charge on any atom is -0.497 e. The Balaban J connectivity index is 1.67. The molecule has 1 aliphatic heterocycles.